The van der Waals surface area contributed by atoms with Crippen LogP contribution in [0.1, 0.15) is 24.4 Å². The first-order valence-corrected chi connectivity index (χ1v) is 7.45. The van der Waals surface area contributed by atoms with Crippen molar-refractivity contribution in [1.82, 2.24) is 10.2 Å². The van der Waals surface area contributed by atoms with E-state index in [1.54, 1.807) is 6.07 Å². The van der Waals surface area contributed by atoms with Gasteiger partial charge in [0.1, 0.15) is 5.82 Å². The second kappa shape index (κ2) is 7.95. The van der Waals surface area contributed by atoms with Crippen LogP contribution in [0.15, 0.2) is 22.7 Å². The van der Waals surface area contributed by atoms with E-state index in [4.69, 9.17) is 0 Å². The summed E-state index contributed by atoms with van der Waals surface area (Å²) in [6.07, 6.45) is 2.47. The second-order valence-corrected chi connectivity index (χ2v) is 6.07. The van der Waals surface area contributed by atoms with Crippen molar-refractivity contribution in [3.8, 4) is 0 Å². The minimum Gasteiger partial charge on any atom is -0.314 e. The molecule has 6 heteroatoms. The van der Waals surface area contributed by atoms with Gasteiger partial charge in [0, 0.05) is 37.8 Å². The van der Waals surface area contributed by atoms with E-state index < -0.39 is 0 Å². The monoisotopic (exact) mass is 384 g/mol. The first-order chi connectivity index (χ1) is 8.77. The fourth-order valence-electron chi connectivity index (χ4n) is 2.87. The van der Waals surface area contributed by atoms with E-state index in [9.17, 15) is 4.39 Å². The Morgan fingerprint density at radius 3 is 2.45 bits per heavy atom. The topological polar surface area (TPSA) is 15.3 Å². The normalized spacial score (nSPS) is 20.7. The summed E-state index contributed by atoms with van der Waals surface area (Å²) in [5.74, 6) is 0.569. The van der Waals surface area contributed by atoms with E-state index >= 15 is 0 Å². The van der Waals surface area contributed by atoms with E-state index in [1.165, 1.54) is 12.8 Å². The van der Waals surface area contributed by atoms with Gasteiger partial charge in [-0.15, -0.1) is 24.8 Å². The third-order valence-corrected chi connectivity index (χ3v) is 4.53. The maximum atomic E-state index is 14.3. The minimum atomic E-state index is -0.0760. The quantitative estimate of drug-likeness (QED) is 0.851. The van der Waals surface area contributed by atoms with Gasteiger partial charge < -0.3 is 5.32 Å². The maximum Gasteiger partial charge on any atom is 0.142 e. The Hall–Kier alpha value is 0.130. The van der Waals surface area contributed by atoms with Crippen LogP contribution in [0.2, 0.25) is 0 Å². The highest BCUT2D eigenvalue weighted by Gasteiger charge is 2.38. The maximum absolute atomic E-state index is 14.3. The van der Waals surface area contributed by atoms with Gasteiger partial charge in [-0.1, -0.05) is 12.1 Å². The summed E-state index contributed by atoms with van der Waals surface area (Å²) in [5.41, 5.74) is 0.869. The summed E-state index contributed by atoms with van der Waals surface area (Å²) < 4.78 is 14.9. The molecule has 0 amide bonds. The molecule has 1 saturated carbocycles. The number of halogens is 4. The van der Waals surface area contributed by atoms with Crippen molar-refractivity contribution < 1.29 is 4.39 Å². The highest BCUT2D eigenvalue weighted by Crippen LogP contribution is 2.45. The van der Waals surface area contributed by atoms with E-state index in [0.717, 1.165) is 31.7 Å². The molecule has 1 heterocycles. The Morgan fingerprint density at radius 1 is 1.20 bits per heavy atom. The largest absolute Gasteiger partial charge is 0.314 e. The zero-order valence-corrected chi connectivity index (χ0v) is 14.4. The summed E-state index contributed by atoms with van der Waals surface area (Å²) in [5, 5.41) is 3.36. The van der Waals surface area contributed by atoms with Crippen LogP contribution in [0.4, 0.5) is 4.39 Å². The number of nitrogens with zero attached hydrogens (tertiary/aromatic N) is 1. The highest BCUT2D eigenvalue weighted by molar-refractivity contribution is 9.10. The van der Waals surface area contributed by atoms with Gasteiger partial charge in [-0.3, -0.25) is 4.90 Å². The number of piperazine rings is 1. The molecule has 0 radical (unpaired) electrons. The molecule has 1 atom stereocenters. The van der Waals surface area contributed by atoms with Crippen LogP contribution in [0.5, 0.6) is 0 Å². The standard InChI is InChI=1S/C14H18BrFN2.2ClH/c15-12-3-1-2-11(13(12)16)14(10-4-5-10)18-8-6-17-7-9-18;;/h1-3,10,14,17H,4-9H2;2*1H/t14-;;/m1../s1. The molecule has 2 nitrogen and oxygen atoms in total. The zero-order chi connectivity index (χ0) is 12.5. The summed E-state index contributed by atoms with van der Waals surface area (Å²) in [4.78, 5) is 2.44. The second-order valence-electron chi connectivity index (χ2n) is 5.21. The Morgan fingerprint density at radius 2 is 1.85 bits per heavy atom. The molecule has 0 aromatic heterocycles. The van der Waals surface area contributed by atoms with Gasteiger partial charge in [0.25, 0.3) is 0 Å². The molecule has 1 aliphatic carbocycles. The number of rotatable bonds is 3. The Balaban J connectivity index is 0.000001000. The van der Waals surface area contributed by atoms with E-state index in [1.807, 2.05) is 12.1 Å². The van der Waals surface area contributed by atoms with Gasteiger partial charge in [0.05, 0.1) is 4.47 Å². The summed E-state index contributed by atoms with van der Waals surface area (Å²) in [6, 6.07) is 5.94. The first-order valence-electron chi connectivity index (χ1n) is 6.66. The molecule has 2 fully saturated rings. The molecule has 1 aromatic rings. The van der Waals surface area contributed by atoms with Crippen LogP contribution in [0.25, 0.3) is 0 Å². The van der Waals surface area contributed by atoms with Crippen molar-refractivity contribution in [2.24, 2.45) is 5.92 Å². The smallest absolute Gasteiger partial charge is 0.142 e. The van der Waals surface area contributed by atoms with Crippen molar-refractivity contribution >= 4 is 40.7 Å². The van der Waals surface area contributed by atoms with Gasteiger partial charge in [0.2, 0.25) is 0 Å². The van der Waals surface area contributed by atoms with Crippen molar-refractivity contribution in [3.63, 3.8) is 0 Å². The molecule has 2 aliphatic rings. The molecule has 1 N–H and O–H groups in total. The van der Waals surface area contributed by atoms with Crippen molar-refractivity contribution in [2.75, 3.05) is 26.2 Å². The lowest BCUT2D eigenvalue weighted by atomic mass is 9.99. The number of benzene rings is 1. The first kappa shape index (κ1) is 18.2. The van der Waals surface area contributed by atoms with Gasteiger partial charge in [-0.25, -0.2) is 4.39 Å². The lowest BCUT2D eigenvalue weighted by Gasteiger charge is -2.35. The van der Waals surface area contributed by atoms with Gasteiger partial charge in [0.15, 0.2) is 0 Å². The van der Waals surface area contributed by atoms with Gasteiger partial charge in [-0.2, -0.15) is 0 Å². The summed E-state index contributed by atoms with van der Waals surface area (Å²) in [6.45, 7) is 4.07. The molecule has 0 spiro atoms. The molecule has 1 saturated heterocycles. The Labute approximate surface area is 140 Å². The SMILES string of the molecule is Cl.Cl.Fc1c(Br)cccc1[C@@H](C1CC1)N1CCNCC1. The number of hydrogen-bond acceptors (Lipinski definition) is 2. The zero-order valence-electron chi connectivity index (χ0n) is 11.1. The predicted molar refractivity (Wildman–Crippen MR) is 88.5 cm³/mol. The van der Waals surface area contributed by atoms with Crippen molar-refractivity contribution in [2.45, 2.75) is 18.9 Å². The third-order valence-electron chi connectivity index (χ3n) is 3.91. The van der Waals surface area contributed by atoms with E-state index in [0.29, 0.717) is 10.4 Å². The van der Waals surface area contributed by atoms with Crippen LogP contribution in [-0.4, -0.2) is 31.1 Å². The predicted octanol–water partition coefficient (Wildman–Crippen LogP) is 3.79. The molecule has 114 valence electrons. The molecule has 0 unspecified atom stereocenters. The lowest BCUT2D eigenvalue weighted by Crippen LogP contribution is -2.45. The summed E-state index contributed by atoms with van der Waals surface area (Å²) >= 11 is 3.30. The lowest BCUT2D eigenvalue weighted by molar-refractivity contribution is 0.153. The molecular formula is C14H20BrCl2FN2. The average molecular weight is 386 g/mol. The van der Waals surface area contributed by atoms with E-state index in [2.05, 4.69) is 26.1 Å². The average Bonchev–Trinajstić information content (AvgIpc) is 3.21. The molecular weight excluding hydrogens is 366 g/mol. The Kier molecular flexibility index (Phi) is 7.22. The van der Waals surface area contributed by atoms with Crippen LogP contribution in [0.3, 0.4) is 0 Å². The van der Waals surface area contributed by atoms with Gasteiger partial charge in [-0.05, 0) is 40.8 Å². The summed E-state index contributed by atoms with van der Waals surface area (Å²) in [7, 11) is 0. The minimum absolute atomic E-state index is 0. The van der Waals surface area contributed by atoms with Crippen LogP contribution in [-0.2, 0) is 0 Å². The van der Waals surface area contributed by atoms with Crippen molar-refractivity contribution in [3.05, 3.63) is 34.1 Å². The van der Waals surface area contributed by atoms with Crippen LogP contribution >= 0.6 is 40.7 Å². The third kappa shape index (κ3) is 3.86. The number of nitrogens with one attached hydrogen (secondary N) is 1. The molecule has 20 heavy (non-hydrogen) atoms. The van der Waals surface area contributed by atoms with E-state index in [-0.39, 0.29) is 36.7 Å². The Bertz CT molecular complexity index is 437. The van der Waals surface area contributed by atoms with Crippen LogP contribution < -0.4 is 5.32 Å². The molecule has 1 aliphatic heterocycles. The van der Waals surface area contributed by atoms with Crippen LogP contribution in [0, 0.1) is 11.7 Å². The highest BCUT2D eigenvalue weighted by atomic mass is 79.9. The fraction of sp³-hybridized carbons (Fsp3) is 0.571. The molecule has 1 aromatic carbocycles. The van der Waals surface area contributed by atoms with Crippen molar-refractivity contribution in [1.29, 1.82) is 0 Å². The number of hydrogen-bond donors (Lipinski definition) is 1. The molecule has 3 rings (SSSR count). The molecule has 0 bridgehead atoms. The fourth-order valence-corrected chi connectivity index (χ4v) is 3.25. The van der Waals surface area contributed by atoms with Gasteiger partial charge >= 0.3 is 0 Å².